The molecule has 2 fully saturated rings. The van der Waals surface area contributed by atoms with Gasteiger partial charge in [-0.05, 0) is 92.6 Å². The van der Waals surface area contributed by atoms with Gasteiger partial charge in [-0.2, -0.15) is 0 Å². The highest BCUT2D eigenvalue weighted by atomic mass is 16.5. The zero-order chi connectivity index (χ0) is 25.8. The van der Waals surface area contributed by atoms with Crippen molar-refractivity contribution in [3.63, 3.8) is 0 Å². The van der Waals surface area contributed by atoms with Gasteiger partial charge in [0.05, 0.1) is 6.61 Å². The van der Waals surface area contributed by atoms with Crippen molar-refractivity contribution < 1.29 is 14.6 Å². The van der Waals surface area contributed by atoms with Gasteiger partial charge in [-0.25, -0.2) is 4.79 Å². The fraction of sp³-hybridized carbons (Fsp3) is 0.727. The number of aliphatic hydroxyl groups excluding tert-OH is 1. The van der Waals surface area contributed by atoms with Crippen molar-refractivity contribution in [2.45, 2.75) is 116 Å². The Morgan fingerprint density at radius 1 is 0.972 bits per heavy atom. The Labute approximate surface area is 221 Å². The van der Waals surface area contributed by atoms with Crippen LogP contribution in [0.2, 0.25) is 0 Å². The minimum atomic E-state index is -0.342. The molecule has 0 aliphatic heterocycles. The second kappa shape index (κ2) is 15.6. The van der Waals surface area contributed by atoms with Crippen LogP contribution in [0.1, 0.15) is 121 Å². The Balaban J connectivity index is 1.36. The van der Waals surface area contributed by atoms with Crippen LogP contribution in [0.15, 0.2) is 36.4 Å². The number of hydrogen-bond donors (Lipinski definition) is 1. The van der Waals surface area contributed by atoms with E-state index in [1.54, 1.807) is 0 Å². The smallest absolute Gasteiger partial charge is 0.333 e. The Bertz CT molecular complexity index is 767. The third-order valence-electron chi connectivity index (χ3n) is 9.26. The number of benzene rings is 1. The van der Waals surface area contributed by atoms with Gasteiger partial charge in [0, 0.05) is 18.1 Å². The largest absolute Gasteiger partial charge is 0.462 e. The number of hydrogen-bond acceptors (Lipinski definition) is 3. The quantitative estimate of drug-likeness (QED) is 0.160. The van der Waals surface area contributed by atoms with E-state index in [1.807, 2.05) is 6.92 Å². The van der Waals surface area contributed by atoms with Gasteiger partial charge < -0.3 is 9.84 Å². The summed E-state index contributed by atoms with van der Waals surface area (Å²) in [6.45, 7) is 8.22. The maximum Gasteiger partial charge on any atom is 0.333 e. The number of aliphatic hydroxyl groups is 1. The topological polar surface area (TPSA) is 46.5 Å². The summed E-state index contributed by atoms with van der Waals surface area (Å²) in [6.07, 6.45) is 19.5. The third-order valence-corrected chi connectivity index (χ3v) is 9.26. The van der Waals surface area contributed by atoms with E-state index in [1.165, 1.54) is 88.2 Å². The number of carbonyl (C=O) groups excluding carboxylic acids is 1. The van der Waals surface area contributed by atoms with Gasteiger partial charge in [0.25, 0.3) is 0 Å². The van der Waals surface area contributed by atoms with Crippen LogP contribution >= 0.6 is 0 Å². The number of carbonyl (C=O) groups is 1. The third kappa shape index (κ3) is 9.05. The van der Waals surface area contributed by atoms with Crippen LogP contribution in [0.25, 0.3) is 0 Å². The van der Waals surface area contributed by atoms with Crippen molar-refractivity contribution in [2.75, 3.05) is 13.2 Å². The second-order valence-corrected chi connectivity index (χ2v) is 11.8. The molecule has 2 aliphatic carbocycles. The normalized spacial score (nSPS) is 25.3. The molecule has 1 unspecified atom stereocenters. The zero-order valence-electron chi connectivity index (χ0n) is 23.2. The molecule has 0 amide bonds. The van der Waals surface area contributed by atoms with Crippen LogP contribution in [-0.2, 0) is 16.0 Å². The van der Waals surface area contributed by atoms with Crippen molar-refractivity contribution in [3.8, 4) is 0 Å². The zero-order valence-corrected chi connectivity index (χ0v) is 23.2. The van der Waals surface area contributed by atoms with Crippen molar-refractivity contribution in [2.24, 2.45) is 23.7 Å². The van der Waals surface area contributed by atoms with Crippen LogP contribution < -0.4 is 0 Å². The summed E-state index contributed by atoms with van der Waals surface area (Å²) in [6, 6.07) is 9.20. The first kappa shape index (κ1) is 29.0. The van der Waals surface area contributed by atoms with E-state index in [4.69, 9.17) is 4.74 Å². The predicted molar refractivity (Wildman–Crippen MR) is 150 cm³/mol. The first-order chi connectivity index (χ1) is 17.5. The maximum absolute atomic E-state index is 11.8. The summed E-state index contributed by atoms with van der Waals surface area (Å²) in [7, 11) is 0. The van der Waals surface area contributed by atoms with Gasteiger partial charge >= 0.3 is 5.97 Å². The molecular weight excluding hydrogens is 444 g/mol. The first-order valence-corrected chi connectivity index (χ1v) is 15.1. The molecule has 0 heterocycles. The van der Waals surface area contributed by atoms with Crippen LogP contribution in [0.4, 0.5) is 0 Å². The molecule has 1 atom stereocenters. The molecular formula is C33H52O3. The molecule has 1 aromatic rings. The van der Waals surface area contributed by atoms with E-state index in [2.05, 4.69) is 37.8 Å². The minimum Gasteiger partial charge on any atom is -0.462 e. The van der Waals surface area contributed by atoms with Crippen LogP contribution in [-0.4, -0.2) is 24.3 Å². The minimum absolute atomic E-state index is 0.0278. The fourth-order valence-corrected chi connectivity index (χ4v) is 6.55. The molecule has 1 N–H and O–H groups in total. The van der Waals surface area contributed by atoms with Gasteiger partial charge in [0.1, 0.15) is 0 Å². The Hall–Kier alpha value is -1.61. The molecule has 0 radical (unpaired) electrons. The van der Waals surface area contributed by atoms with E-state index in [9.17, 15) is 9.90 Å². The van der Waals surface area contributed by atoms with Crippen molar-refractivity contribution in [1.29, 1.82) is 0 Å². The molecule has 3 nitrogen and oxygen atoms in total. The average Bonchev–Trinajstić information content (AvgIpc) is 2.93. The molecule has 0 spiro atoms. The molecule has 0 aromatic heterocycles. The molecule has 3 heteroatoms. The summed E-state index contributed by atoms with van der Waals surface area (Å²) < 4.78 is 5.31. The lowest BCUT2D eigenvalue weighted by Gasteiger charge is -2.38. The molecule has 1 aromatic carbocycles. The number of rotatable bonds is 14. The maximum atomic E-state index is 11.8. The summed E-state index contributed by atoms with van der Waals surface area (Å²) in [4.78, 5) is 11.8. The summed E-state index contributed by atoms with van der Waals surface area (Å²) in [5.74, 6) is 3.33. The highest BCUT2D eigenvalue weighted by Crippen LogP contribution is 2.44. The number of aryl methyl sites for hydroxylation is 1. The molecule has 0 saturated heterocycles. The number of ether oxygens (including phenoxy) is 1. The van der Waals surface area contributed by atoms with Gasteiger partial charge in [-0.3, -0.25) is 0 Å². The lowest BCUT2D eigenvalue weighted by Crippen LogP contribution is -2.25. The van der Waals surface area contributed by atoms with E-state index in [-0.39, 0.29) is 25.1 Å². The molecule has 202 valence electrons. The summed E-state index contributed by atoms with van der Waals surface area (Å²) >= 11 is 0. The second-order valence-electron chi connectivity index (χ2n) is 11.8. The van der Waals surface area contributed by atoms with Crippen LogP contribution in [0.3, 0.4) is 0 Å². The molecule has 2 aliphatic rings. The van der Waals surface area contributed by atoms with Gasteiger partial charge in [-0.1, -0.05) is 83.2 Å². The SMILES string of the molecule is C=C(CC)C(=O)OCC(CO)CCc1ccc(C2CCC(C3CCC(CCCCC)CC3)CC2)cc1. The van der Waals surface area contributed by atoms with Crippen molar-refractivity contribution >= 4 is 5.97 Å². The number of esters is 1. The van der Waals surface area contributed by atoms with Crippen LogP contribution in [0.5, 0.6) is 0 Å². The van der Waals surface area contributed by atoms with Crippen LogP contribution in [0, 0.1) is 23.7 Å². The highest BCUT2D eigenvalue weighted by Gasteiger charge is 2.31. The molecule has 2 saturated carbocycles. The number of unbranched alkanes of at least 4 members (excludes halogenated alkanes) is 2. The lowest BCUT2D eigenvalue weighted by molar-refractivity contribution is -0.140. The van der Waals surface area contributed by atoms with Gasteiger partial charge in [0.15, 0.2) is 0 Å². The Morgan fingerprint density at radius 3 is 2.19 bits per heavy atom. The van der Waals surface area contributed by atoms with Gasteiger partial charge in [-0.15, -0.1) is 0 Å². The highest BCUT2D eigenvalue weighted by molar-refractivity contribution is 5.87. The molecule has 3 rings (SSSR count). The Morgan fingerprint density at radius 2 is 1.61 bits per heavy atom. The predicted octanol–water partition coefficient (Wildman–Crippen LogP) is 8.40. The summed E-state index contributed by atoms with van der Waals surface area (Å²) in [5.41, 5.74) is 3.29. The van der Waals surface area contributed by atoms with E-state index in [0.29, 0.717) is 12.0 Å². The first-order valence-electron chi connectivity index (χ1n) is 15.1. The molecule has 0 bridgehead atoms. The Kier molecular flexibility index (Phi) is 12.5. The van der Waals surface area contributed by atoms with E-state index >= 15 is 0 Å². The monoisotopic (exact) mass is 496 g/mol. The molecule has 36 heavy (non-hydrogen) atoms. The lowest BCUT2D eigenvalue weighted by atomic mass is 9.68. The van der Waals surface area contributed by atoms with E-state index < -0.39 is 0 Å². The average molecular weight is 497 g/mol. The van der Waals surface area contributed by atoms with Crippen molar-refractivity contribution in [3.05, 3.63) is 47.5 Å². The standard InChI is InChI=1S/C33H52O3/c1-4-6-7-8-26-11-15-29(16-12-26)31-19-21-32(22-20-31)30-17-13-27(14-18-30)9-10-28(23-34)24-36-33(35)25(3)5-2/h13-14,17-18,26,28-29,31-32,34H,3-12,15-16,19-24H2,1-2H3. The fourth-order valence-electron chi connectivity index (χ4n) is 6.55. The summed E-state index contributed by atoms with van der Waals surface area (Å²) in [5, 5.41) is 9.69. The van der Waals surface area contributed by atoms with Gasteiger partial charge in [0.2, 0.25) is 0 Å². The van der Waals surface area contributed by atoms with Crippen molar-refractivity contribution in [1.82, 2.24) is 0 Å². The van der Waals surface area contributed by atoms with E-state index in [0.717, 1.165) is 36.5 Å².